The van der Waals surface area contributed by atoms with E-state index in [4.69, 9.17) is 0 Å². The van der Waals surface area contributed by atoms with E-state index in [1.807, 2.05) is 18.2 Å². The fourth-order valence-corrected chi connectivity index (χ4v) is 4.04. The van der Waals surface area contributed by atoms with E-state index >= 15 is 0 Å². The predicted octanol–water partition coefficient (Wildman–Crippen LogP) is 1.14. The second kappa shape index (κ2) is 6.36. The molecular weight excluding hydrogens is 304 g/mol. The molecule has 2 aromatic rings. The van der Waals surface area contributed by atoms with Crippen molar-refractivity contribution in [3.63, 3.8) is 0 Å². The molecule has 4 rings (SSSR count). The maximum absolute atomic E-state index is 12.4. The fraction of sp³-hybridized carbons (Fsp3) is 0.500. The highest BCUT2D eigenvalue weighted by atomic mass is 16.2. The summed E-state index contributed by atoms with van der Waals surface area (Å²) >= 11 is 0. The van der Waals surface area contributed by atoms with Crippen molar-refractivity contribution in [2.24, 2.45) is 0 Å². The number of hydrogen-bond acceptors (Lipinski definition) is 4. The quantitative estimate of drug-likeness (QED) is 0.918. The minimum absolute atomic E-state index is 0.0209. The molecule has 0 bridgehead atoms. The molecule has 1 amide bonds. The van der Waals surface area contributed by atoms with Gasteiger partial charge in [-0.1, -0.05) is 24.6 Å². The Hall–Kier alpha value is -2.21. The number of benzene rings is 1. The average molecular weight is 326 g/mol. The molecule has 2 unspecified atom stereocenters. The van der Waals surface area contributed by atoms with Crippen LogP contribution in [0.5, 0.6) is 0 Å². The highest BCUT2D eigenvalue weighted by Crippen LogP contribution is 2.27. The lowest BCUT2D eigenvalue weighted by Gasteiger charge is -2.32. The molecule has 2 saturated heterocycles. The van der Waals surface area contributed by atoms with Crippen LogP contribution in [0.15, 0.2) is 35.3 Å². The number of nitrogens with zero attached hydrogens (tertiary/aromatic N) is 3. The molecule has 126 valence electrons. The topological polar surface area (TPSA) is 67.2 Å². The number of piperidine rings is 1. The minimum Gasteiger partial charge on any atom is -0.350 e. The fourth-order valence-electron chi connectivity index (χ4n) is 4.04. The van der Waals surface area contributed by atoms with E-state index < -0.39 is 0 Å². The Labute approximate surface area is 140 Å². The van der Waals surface area contributed by atoms with Gasteiger partial charge in [0.1, 0.15) is 6.54 Å². The van der Waals surface area contributed by atoms with E-state index in [1.54, 1.807) is 12.3 Å². The van der Waals surface area contributed by atoms with E-state index in [0.717, 1.165) is 31.3 Å². The monoisotopic (exact) mass is 326 g/mol. The number of rotatable bonds is 3. The van der Waals surface area contributed by atoms with Crippen LogP contribution in [0, 0.1) is 0 Å². The van der Waals surface area contributed by atoms with Gasteiger partial charge < -0.3 is 5.32 Å². The van der Waals surface area contributed by atoms with Gasteiger partial charge in [-0.2, -0.15) is 5.10 Å². The standard InChI is InChI=1S/C18H22N4O2/c23-17(20-15-8-10-21-9-4-3-7-16(15)21)12-22-18(24)14-6-2-1-5-13(14)11-19-22/h1-2,5-6,11,15-16H,3-4,7-10,12H2,(H,20,23). The summed E-state index contributed by atoms with van der Waals surface area (Å²) in [5.41, 5.74) is -0.214. The molecule has 1 aromatic heterocycles. The third kappa shape index (κ3) is 2.82. The molecule has 0 radical (unpaired) electrons. The molecule has 0 saturated carbocycles. The summed E-state index contributed by atoms with van der Waals surface area (Å²) in [5.74, 6) is -0.127. The molecule has 2 fully saturated rings. The summed E-state index contributed by atoms with van der Waals surface area (Å²) in [6.07, 6.45) is 6.28. The third-order valence-electron chi connectivity index (χ3n) is 5.26. The maximum Gasteiger partial charge on any atom is 0.275 e. The van der Waals surface area contributed by atoms with Crippen LogP contribution in [0.1, 0.15) is 25.7 Å². The van der Waals surface area contributed by atoms with Crippen molar-refractivity contribution >= 4 is 16.7 Å². The first kappa shape index (κ1) is 15.3. The summed E-state index contributed by atoms with van der Waals surface area (Å²) < 4.78 is 1.26. The van der Waals surface area contributed by atoms with Crippen LogP contribution < -0.4 is 10.9 Å². The summed E-state index contributed by atoms with van der Waals surface area (Å²) in [7, 11) is 0. The van der Waals surface area contributed by atoms with Gasteiger partial charge in [-0.25, -0.2) is 4.68 Å². The average Bonchev–Trinajstić information content (AvgIpc) is 3.01. The minimum atomic E-state index is -0.214. The summed E-state index contributed by atoms with van der Waals surface area (Å²) in [5, 5.41) is 8.65. The van der Waals surface area contributed by atoms with Crippen molar-refractivity contribution in [2.75, 3.05) is 13.1 Å². The number of nitrogens with one attached hydrogen (secondary N) is 1. The van der Waals surface area contributed by atoms with Crippen LogP contribution in [-0.4, -0.2) is 45.8 Å². The molecule has 2 atom stereocenters. The van der Waals surface area contributed by atoms with E-state index in [0.29, 0.717) is 11.4 Å². The van der Waals surface area contributed by atoms with E-state index in [9.17, 15) is 9.59 Å². The molecule has 24 heavy (non-hydrogen) atoms. The first-order valence-corrected chi connectivity index (χ1v) is 8.71. The Kier molecular flexibility index (Phi) is 4.06. The van der Waals surface area contributed by atoms with Crippen molar-refractivity contribution in [3.05, 3.63) is 40.8 Å². The number of hydrogen-bond donors (Lipinski definition) is 1. The first-order chi connectivity index (χ1) is 11.7. The Morgan fingerprint density at radius 3 is 3.00 bits per heavy atom. The summed E-state index contributed by atoms with van der Waals surface area (Å²) in [4.78, 5) is 27.3. The zero-order valence-electron chi connectivity index (χ0n) is 13.6. The van der Waals surface area contributed by atoms with Crippen LogP contribution in [0.3, 0.4) is 0 Å². The zero-order chi connectivity index (χ0) is 16.5. The second-order valence-corrected chi connectivity index (χ2v) is 6.76. The van der Waals surface area contributed by atoms with Gasteiger partial charge in [-0.05, 0) is 31.9 Å². The Balaban J connectivity index is 1.47. The summed E-state index contributed by atoms with van der Waals surface area (Å²) in [6, 6.07) is 7.98. The van der Waals surface area contributed by atoms with Crippen molar-refractivity contribution in [2.45, 2.75) is 44.3 Å². The molecule has 6 nitrogen and oxygen atoms in total. The van der Waals surface area contributed by atoms with Gasteiger partial charge in [-0.3, -0.25) is 14.5 Å². The second-order valence-electron chi connectivity index (χ2n) is 6.76. The van der Waals surface area contributed by atoms with Gasteiger partial charge in [0.15, 0.2) is 0 Å². The van der Waals surface area contributed by atoms with E-state index in [1.165, 1.54) is 17.5 Å². The number of aromatic nitrogens is 2. The van der Waals surface area contributed by atoms with Gasteiger partial charge in [0.2, 0.25) is 5.91 Å². The Bertz CT molecular complexity index is 816. The lowest BCUT2D eigenvalue weighted by molar-refractivity contribution is -0.122. The van der Waals surface area contributed by atoms with Gasteiger partial charge in [0.05, 0.1) is 11.6 Å². The number of amides is 1. The summed E-state index contributed by atoms with van der Waals surface area (Å²) in [6.45, 7) is 2.18. The lowest BCUT2D eigenvalue weighted by Crippen LogP contribution is -2.48. The highest BCUT2D eigenvalue weighted by molar-refractivity contribution is 5.81. The molecule has 0 spiro atoms. The number of carbonyl (C=O) groups is 1. The SMILES string of the molecule is O=C(Cn1ncc2ccccc2c1=O)NC1CCN2CCCCC12. The van der Waals surface area contributed by atoms with Gasteiger partial charge in [0, 0.05) is 24.0 Å². The van der Waals surface area contributed by atoms with Crippen molar-refractivity contribution < 1.29 is 4.79 Å². The van der Waals surface area contributed by atoms with E-state index in [-0.39, 0.29) is 24.1 Å². The number of fused-ring (bicyclic) bond motifs is 2. The molecule has 1 aromatic carbocycles. The van der Waals surface area contributed by atoms with Crippen LogP contribution in [-0.2, 0) is 11.3 Å². The van der Waals surface area contributed by atoms with Crippen molar-refractivity contribution in [1.82, 2.24) is 20.0 Å². The van der Waals surface area contributed by atoms with Gasteiger partial charge >= 0.3 is 0 Å². The van der Waals surface area contributed by atoms with Crippen LogP contribution >= 0.6 is 0 Å². The largest absolute Gasteiger partial charge is 0.350 e. The molecule has 0 aliphatic carbocycles. The highest BCUT2D eigenvalue weighted by Gasteiger charge is 2.36. The van der Waals surface area contributed by atoms with Crippen LogP contribution in [0.4, 0.5) is 0 Å². The smallest absolute Gasteiger partial charge is 0.275 e. The molecule has 3 heterocycles. The Morgan fingerprint density at radius 1 is 1.21 bits per heavy atom. The molecule has 2 aliphatic rings. The third-order valence-corrected chi connectivity index (χ3v) is 5.26. The van der Waals surface area contributed by atoms with Crippen LogP contribution in [0.25, 0.3) is 10.8 Å². The zero-order valence-corrected chi connectivity index (χ0v) is 13.6. The van der Waals surface area contributed by atoms with Crippen molar-refractivity contribution in [3.8, 4) is 0 Å². The normalized spacial score (nSPS) is 24.0. The van der Waals surface area contributed by atoms with Crippen LogP contribution in [0.2, 0.25) is 0 Å². The maximum atomic E-state index is 12.4. The van der Waals surface area contributed by atoms with E-state index in [2.05, 4.69) is 15.3 Å². The molecule has 6 heteroatoms. The molecule has 1 N–H and O–H groups in total. The molecular formula is C18H22N4O2. The Morgan fingerprint density at radius 2 is 2.08 bits per heavy atom. The van der Waals surface area contributed by atoms with Gasteiger partial charge in [0.25, 0.3) is 5.56 Å². The number of carbonyl (C=O) groups excluding carboxylic acids is 1. The predicted molar refractivity (Wildman–Crippen MR) is 91.8 cm³/mol. The first-order valence-electron chi connectivity index (χ1n) is 8.71. The van der Waals surface area contributed by atoms with Crippen molar-refractivity contribution in [1.29, 1.82) is 0 Å². The lowest BCUT2D eigenvalue weighted by atomic mass is 9.99. The molecule has 2 aliphatic heterocycles. The van der Waals surface area contributed by atoms with Gasteiger partial charge in [-0.15, -0.1) is 0 Å².